The van der Waals surface area contributed by atoms with Crippen molar-refractivity contribution in [3.63, 3.8) is 0 Å². The summed E-state index contributed by atoms with van der Waals surface area (Å²) in [5, 5.41) is 9.74. The van der Waals surface area contributed by atoms with Gasteiger partial charge >= 0.3 is 6.18 Å². The van der Waals surface area contributed by atoms with Gasteiger partial charge in [0, 0.05) is 30.9 Å². The summed E-state index contributed by atoms with van der Waals surface area (Å²) in [5.41, 5.74) is 2.21. The second-order valence-corrected chi connectivity index (χ2v) is 7.47. The van der Waals surface area contributed by atoms with Crippen LogP contribution in [0, 0.1) is 5.92 Å². The maximum atomic E-state index is 12.5. The molecule has 3 rings (SSSR count). The fraction of sp³-hybridized carbons (Fsp3) is 0.778. The van der Waals surface area contributed by atoms with Crippen molar-refractivity contribution in [2.75, 3.05) is 13.6 Å². The number of carbonyl (C=O) groups is 1. The molecule has 1 atom stereocenters. The molecular formula is C18H27F3N4O. The zero-order chi connectivity index (χ0) is 18.7. The molecule has 8 heteroatoms. The van der Waals surface area contributed by atoms with Gasteiger partial charge in [-0.15, -0.1) is 0 Å². The van der Waals surface area contributed by atoms with E-state index in [1.54, 1.807) is 7.05 Å². The van der Waals surface area contributed by atoms with Gasteiger partial charge in [0.15, 0.2) is 5.69 Å². The highest BCUT2D eigenvalue weighted by atomic mass is 19.4. The normalized spacial score (nSPS) is 21.5. The van der Waals surface area contributed by atoms with E-state index < -0.39 is 12.7 Å². The molecule has 1 heterocycles. The average Bonchev–Trinajstić information content (AvgIpc) is 2.97. The van der Waals surface area contributed by atoms with Crippen LogP contribution in [0.4, 0.5) is 13.2 Å². The number of carbonyl (C=O) groups excluding carboxylic acids is 1. The Balaban J connectivity index is 1.77. The summed E-state index contributed by atoms with van der Waals surface area (Å²) >= 11 is 0. The molecule has 0 radical (unpaired) electrons. The lowest BCUT2D eigenvalue weighted by Gasteiger charge is -2.26. The largest absolute Gasteiger partial charge is 0.401 e. The monoisotopic (exact) mass is 372 g/mol. The summed E-state index contributed by atoms with van der Waals surface area (Å²) in [6, 6.07) is -0.278. The van der Waals surface area contributed by atoms with Crippen molar-refractivity contribution in [3.05, 3.63) is 17.0 Å². The van der Waals surface area contributed by atoms with Crippen LogP contribution in [0.2, 0.25) is 0 Å². The first-order chi connectivity index (χ1) is 12.4. The maximum absolute atomic E-state index is 12.5. The van der Waals surface area contributed by atoms with Gasteiger partial charge in [-0.2, -0.15) is 18.3 Å². The Labute approximate surface area is 151 Å². The number of hydrogen-bond acceptors (Lipinski definition) is 3. The van der Waals surface area contributed by atoms with E-state index in [1.807, 2.05) is 4.68 Å². The predicted molar refractivity (Wildman–Crippen MR) is 92.1 cm³/mol. The lowest BCUT2D eigenvalue weighted by Crippen LogP contribution is -2.40. The van der Waals surface area contributed by atoms with Crippen LogP contribution in [0.3, 0.4) is 0 Å². The van der Waals surface area contributed by atoms with Crippen LogP contribution in [0.25, 0.3) is 0 Å². The Morgan fingerprint density at radius 3 is 2.62 bits per heavy atom. The number of nitrogens with zero attached hydrogens (tertiary/aromatic N) is 2. The summed E-state index contributed by atoms with van der Waals surface area (Å²) in [6.45, 7) is -0.196. The van der Waals surface area contributed by atoms with Crippen molar-refractivity contribution in [2.24, 2.45) is 5.92 Å². The number of nitrogens with one attached hydrogen (secondary N) is 2. The van der Waals surface area contributed by atoms with E-state index >= 15 is 0 Å². The SMILES string of the molecule is CNC(=O)c1nn(CC2CCCCC2)c2c1CC(NCC(F)(F)F)CC2. The molecule has 2 N–H and O–H groups in total. The molecule has 2 aliphatic carbocycles. The Kier molecular flexibility index (Phi) is 5.89. The molecule has 1 saturated carbocycles. The minimum atomic E-state index is -4.23. The van der Waals surface area contributed by atoms with E-state index in [0.29, 0.717) is 30.9 Å². The van der Waals surface area contributed by atoms with Crippen molar-refractivity contribution in [1.82, 2.24) is 20.4 Å². The third kappa shape index (κ3) is 4.58. The highest BCUT2D eigenvalue weighted by molar-refractivity contribution is 5.93. The lowest BCUT2D eigenvalue weighted by atomic mass is 9.88. The lowest BCUT2D eigenvalue weighted by molar-refractivity contribution is -0.126. The first kappa shape index (κ1) is 19.2. The van der Waals surface area contributed by atoms with Crippen molar-refractivity contribution in [2.45, 2.75) is 70.1 Å². The molecule has 0 saturated heterocycles. The molecule has 2 aliphatic rings. The molecule has 1 aromatic heterocycles. The van der Waals surface area contributed by atoms with E-state index in [9.17, 15) is 18.0 Å². The molecule has 26 heavy (non-hydrogen) atoms. The van der Waals surface area contributed by atoms with Crippen LogP contribution < -0.4 is 10.6 Å². The molecule has 1 unspecified atom stereocenters. The Hall–Kier alpha value is -1.57. The van der Waals surface area contributed by atoms with Crippen LogP contribution >= 0.6 is 0 Å². The quantitative estimate of drug-likeness (QED) is 0.836. The predicted octanol–water partition coefficient (Wildman–Crippen LogP) is 2.83. The molecule has 0 bridgehead atoms. The van der Waals surface area contributed by atoms with E-state index in [1.165, 1.54) is 32.1 Å². The van der Waals surface area contributed by atoms with Crippen molar-refractivity contribution >= 4 is 5.91 Å². The van der Waals surface area contributed by atoms with Gasteiger partial charge in [0.25, 0.3) is 5.91 Å². The molecule has 0 aromatic carbocycles. The van der Waals surface area contributed by atoms with Crippen LogP contribution in [0.1, 0.15) is 60.3 Å². The zero-order valence-corrected chi connectivity index (χ0v) is 15.2. The van der Waals surface area contributed by atoms with Crippen LogP contribution in [0.15, 0.2) is 0 Å². The molecule has 1 aromatic rings. The summed E-state index contributed by atoms with van der Waals surface area (Å²) in [4.78, 5) is 12.2. The minimum Gasteiger partial charge on any atom is -0.354 e. The molecule has 0 aliphatic heterocycles. The van der Waals surface area contributed by atoms with Gasteiger partial charge in [0.1, 0.15) is 0 Å². The van der Waals surface area contributed by atoms with Crippen LogP contribution in [-0.4, -0.2) is 41.5 Å². The van der Waals surface area contributed by atoms with Gasteiger partial charge in [-0.3, -0.25) is 9.48 Å². The third-order valence-corrected chi connectivity index (χ3v) is 5.54. The number of rotatable bonds is 5. The highest BCUT2D eigenvalue weighted by Crippen LogP contribution is 2.29. The van der Waals surface area contributed by atoms with E-state index in [0.717, 1.165) is 17.8 Å². The summed E-state index contributed by atoms with van der Waals surface area (Å²) in [7, 11) is 1.55. The first-order valence-corrected chi connectivity index (χ1v) is 9.48. The molecule has 1 amide bonds. The van der Waals surface area contributed by atoms with E-state index in [4.69, 9.17) is 0 Å². The average molecular weight is 372 g/mol. The van der Waals surface area contributed by atoms with Gasteiger partial charge in [-0.25, -0.2) is 0 Å². The van der Waals surface area contributed by atoms with Crippen LogP contribution in [-0.2, 0) is 19.4 Å². The second-order valence-electron chi connectivity index (χ2n) is 7.47. The zero-order valence-electron chi connectivity index (χ0n) is 15.2. The summed E-state index contributed by atoms with van der Waals surface area (Å²) in [5.74, 6) is 0.312. The van der Waals surface area contributed by atoms with Crippen molar-refractivity contribution in [1.29, 1.82) is 0 Å². The smallest absolute Gasteiger partial charge is 0.354 e. The number of alkyl halides is 3. The van der Waals surface area contributed by atoms with Gasteiger partial charge in [0.05, 0.1) is 6.54 Å². The Morgan fingerprint density at radius 1 is 1.23 bits per heavy atom. The molecule has 1 fully saturated rings. The number of hydrogen-bond donors (Lipinski definition) is 2. The van der Waals surface area contributed by atoms with E-state index in [-0.39, 0.29) is 11.9 Å². The topological polar surface area (TPSA) is 59.0 Å². The number of halogens is 3. The highest BCUT2D eigenvalue weighted by Gasteiger charge is 2.32. The second kappa shape index (κ2) is 7.98. The molecular weight excluding hydrogens is 345 g/mol. The van der Waals surface area contributed by atoms with Crippen molar-refractivity contribution < 1.29 is 18.0 Å². The maximum Gasteiger partial charge on any atom is 0.401 e. The van der Waals surface area contributed by atoms with Crippen LogP contribution in [0.5, 0.6) is 0 Å². The minimum absolute atomic E-state index is 0.264. The van der Waals surface area contributed by atoms with Gasteiger partial charge in [0.2, 0.25) is 0 Å². The third-order valence-electron chi connectivity index (χ3n) is 5.54. The molecule has 146 valence electrons. The fourth-order valence-electron chi connectivity index (χ4n) is 4.19. The Bertz CT molecular complexity index is 635. The first-order valence-electron chi connectivity index (χ1n) is 9.48. The number of amides is 1. The van der Waals surface area contributed by atoms with Gasteiger partial charge < -0.3 is 10.6 Å². The number of aromatic nitrogens is 2. The number of fused-ring (bicyclic) bond motifs is 1. The standard InChI is InChI=1S/C18H27F3N4O/c1-22-17(26)16-14-9-13(23-11-18(19,20)21)7-8-15(14)25(24-16)10-12-5-3-2-4-6-12/h12-13,23H,2-11H2,1H3,(H,22,26). The summed E-state index contributed by atoms with van der Waals surface area (Å²) in [6.07, 6.45) is 3.59. The summed E-state index contributed by atoms with van der Waals surface area (Å²) < 4.78 is 39.4. The molecule has 5 nitrogen and oxygen atoms in total. The Morgan fingerprint density at radius 2 is 1.96 bits per heavy atom. The molecule has 0 spiro atoms. The van der Waals surface area contributed by atoms with Crippen molar-refractivity contribution in [3.8, 4) is 0 Å². The van der Waals surface area contributed by atoms with Gasteiger partial charge in [-0.05, 0) is 38.0 Å². The fourth-order valence-corrected chi connectivity index (χ4v) is 4.19. The van der Waals surface area contributed by atoms with Gasteiger partial charge in [-0.1, -0.05) is 19.3 Å². The van der Waals surface area contributed by atoms with E-state index in [2.05, 4.69) is 15.7 Å².